The van der Waals surface area contributed by atoms with Crippen molar-refractivity contribution in [1.82, 2.24) is 0 Å². The molecule has 3 rings (SSSR count). The number of esters is 1. The fourth-order valence-electron chi connectivity index (χ4n) is 3.58. The van der Waals surface area contributed by atoms with Crippen molar-refractivity contribution in [2.75, 3.05) is 10.0 Å². The number of sulfonamides is 1. The molecule has 0 spiro atoms. The van der Waals surface area contributed by atoms with Gasteiger partial charge in [0, 0.05) is 17.3 Å². The average Bonchev–Trinajstić information content (AvgIpc) is 2.76. The van der Waals surface area contributed by atoms with Gasteiger partial charge in [-0.25, -0.2) is 8.42 Å². The zero-order valence-electron chi connectivity index (χ0n) is 19.8. The maximum absolute atomic E-state index is 13.0. The summed E-state index contributed by atoms with van der Waals surface area (Å²) in [6, 6.07) is 22.8. The van der Waals surface area contributed by atoms with Crippen molar-refractivity contribution < 1.29 is 17.9 Å². The first-order chi connectivity index (χ1) is 16.4. The summed E-state index contributed by atoms with van der Waals surface area (Å²) in [5.41, 5.74) is 7.44. The van der Waals surface area contributed by atoms with Crippen LogP contribution < -0.4 is 15.8 Å². The Morgan fingerprint density at radius 1 is 0.943 bits per heavy atom. The molecule has 0 bridgehead atoms. The average molecular weight is 512 g/mol. The van der Waals surface area contributed by atoms with Crippen molar-refractivity contribution in [3.05, 3.63) is 90.0 Å². The number of carbonyl (C=O) groups excluding carboxylic acids is 1. The molecule has 0 aliphatic rings. The zero-order chi connectivity index (χ0) is 25.6. The largest absolute Gasteiger partial charge is 0.460 e. The molecule has 3 aromatic rings. The zero-order valence-corrected chi connectivity index (χ0v) is 21.4. The van der Waals surface area contributed by atoms with Crippen LogP contribution in [0.15, 0.2) is 83.8 Å². The van der Waals surface area contributed by atoms with Gasteiger partial charge in [0.1, 0.15) is 5.60 Å². The minimum atomic E-state index is -3.89. The molecule has 3 aromatic carbocycles. The van der Waals surface area contributed by atoms with Crippen LogP contribution in [0.1, 0.15) is 44.2 Å². The van der Waals surface area contributed by atoms with Gasteiger partial charge in [0.2, 0.25) is 0 Å². The minimum absolute atomic E-state index is 0.0390. The lowest BCUT2D eigenvalue weighted by atomic mass is 9.88. The number of ether oxygens (including phenoxy) is 1. The van der Waals surface area contributed by atoms with Gasteiger partial charge in [-0.2, -0.15) is 0 Å². The molecule has 1 atom stereocenters. The first-order valence-electron chi connectivity index (χ1n) is 11.0. The lowest BCUT2D eigenvalue weighted by molar-refractivity contribution is -0.155. The lowest BCUT2D eigenvalue weighted by Gasteiger charge is -2.23. The second-order valence-corrected chi connectivity index (χ2v) is 11.1. The van der Waals surface area contributed by atoms with Crippen molar-refractivity contribution in [2.45, 2.75) is 43.6 Å². The van der Waals surface area contributed by atoms with Gasteiger partial charge in [-0.3, -0.25) is 9.52 Å². The Balaban J connectivity index is 1.90. The van der Waals surface area contributed by atoms with Gasteiger partial charge >= 0.3 is 5.97 Å². The van der Waals surface area contributed by atoms with Crippen LogP contribution in [0, 0.1) is 0 Å². The highest BCUT2D eigenvalue weighted by molar-refractivity contribution is 7.92. The van der Waals surface area contributed by atoms with Gasteiger partial charge in [0.15, 0.2) is 5.11 Å². The summed E-state index contributed by atoms with van der Waals surface area (Å²) in [4.78, 5) is 12.7. The molecule has 0 heterocycles. The van der Waals surface area contributed by atoms with Crippen molar-refractivity contribution in [1.29, 1.82) is 0 Å². The summed E-state index contributed by atoms with van der Waals surface area (Å²) in [6.45, 7) is 5.47. The van der Waals surface area contributed by atoms with Gasteiger partial charge in [-0.15, -0.1) is 0 Å². The van der Waals surface area contributed by atoms with Crippen LogP contribution in [-0.2, 0) is 19.6 Å². The van der Waals surface area contributed by atoms with Gasteiger partial charge in [0.05, 0.1) is 11.3 Å². The number of hydrogen-bond donors (Lipinski definition) is 3. The van der Waals surface area contributed by atoms with Crippen molar-refractivity contribution in [2.24, 2.45) is 5.73 Å². The molecule has 4 N–H and O–H groups in total. The van der Waals surface area contributed by atoms with Gasteiger partial charge in [0.25, 0.3) is 10.0 Å². The van der Waals surface area contributed by atoms with Gasteiger partial charge < -0.3 is 15.8 Å². The molecular formula is C26H29N3O4S2. The monoisotopic (exact) mass is 511 g/mol. The van der Waals surface area contributed by atoms with E-state index in [1.165, 1.54) is 12.1 Å². The quantitative estimate of drug-likeness (QED) is 0.288. The number of nitrogens with one attached hydrogen (secondary N) is 2. The molecule has 0 amide bonds. The fraction of sp³-hybridized carbons (Fsp3) is 0.231. The van der Waals surface area contributed by atoms with E-state index in [9.17, 15) is 13.2 Å². The SMILES string of the molecule is CC(C)(C)OC(=O)CC(c1ccccc1)c1cccc(NS(=O)(=O)c2cccc(NC(N)=S)c2)c1. The topological polar surface area (TPSA) is 111 Å². The molecule has 0 radical (unpaired) electrons. The number of rotatable bonds is 8. The molecule has 0 aromatic heterocycles. The van der Waals surface area contributed by atoms with E-state index >= 15 is 0 Å². The Kier molecular flexibility index (Phi) is 8.14. The van der Waals surface area contributed by atoms with Crippen molar-refractivity contribution in [3.63, 3.8) is 0 Å². The Morgan fingerprint density at radius 2 is 1.57 bits per heavy atom. The predicted octanol–water partition coefficient (Wildman–Crippen LogP) is 5.01. The molecule has 9 heteroatoms. The Bertz CT molecular complexity index is 1300. The minimum Gasteiger partial charge on any atom is -0.460 e. The van der Waals surface area contributed by atoms with E-state index in [-0.39, 0.29) is 28.3 Å². The number of benzene rings is 3. The van der Waals surface area contributed by atoms with E-state index in [1.807, 2.05) is 57.2 Å². The summed E-state index contributed by atoms with van der Waals surface area (Å²) in [5, 5.41) is 2.77. The molecule has 184 valence electrons. The van der Waals surface area contributed by atoms with Crippen LogP contribution in [0.4, 0.5) is 11.4 Å². The highest BCUT2D eigenvalue weighted by atomic mass is 32.2. The summed E-state index contributed by atoms with van der Waals surface area (Å²) in [5.74, 6) is -0.645. The highest BCUT2D eigenvalue weighted by Crippen LogP contribution is 2.31. The molecule has 35 heavy (non-hydrogen) atoms. The summed E-state index contributed by atoms with van der Waals surface area (Å²) >= 11 is 4.83. The van der Waals surface area contributed by atoms with Crippen LogP contribution in [0.3, 0.4) is 0 Å². The third-order valence-corrected chi connectivity index (χ3v) is 6.43. The predicted molar refractivity (Wildman–Crippen MR) is 143 cm³/mol. The standard InChI is InChI=1S/C26H29N3O4S2/c1-26(2,3)33-24(30)17-23(18-9-5-4-6-10-18)19-11-7-13-21(15-19)29-35(31,32)22-14-8-12-20(16-22)28-25(27)34/h4-16,23,29H,17H2,1-3H3,(H3,27,28,34). The molecule has 0 fully saturated rings. The van der Waals surface area contributed by atoms with E-state index in [4.69, 9.17) is 22.7 Å². The van der Waals surface area contributed by atoms with E-state index in [0.717, 1.165) is 11.1 Å². The maximum Gasteiger partial charge on any atom is 0.307 e. The highest BCUT2D eigenvalue weighted by Gasteiger charge is 2.24. The smallest absolute Gasteiger partial charge is 0.307 e. The van der Waals surface area contributed by atoms with E-state index in [1.54, 1.807) is 30.3 Å². The van der Waals surface area contributed by atoms with Crippen LogP contribution >= 0.6 is 12.2 Å². The first-order valence-corrected chi connectivity index (χ1v) is 12.9. The molecule has 0 aliphatic carbocycles. The molecule has 1 unspecified atom stereocenters. The number of carbonyl (C=O) groups is 1. The van der Waals surface area contributed by atoms with Crippen LogP contribution in [0.5, 0.6) is 0 Å². The third kappa shape index (κ3) is 7.80. The first kappa shape index (κ1) is 26.2. The van der Waals surface area contributed by atoms with E-state index in [2.05, 4.69) is 10.0 Å². The van der Waals surface area contributed by atoms with Gasteiger partial charge in [-0.05, 0) is 74.4 Å². The fourth-order valence-corrected chi connectivity index (χ4v) is 4.79. The second-order valence-electron chi connectivity index (χ2n) is 9.00. The molecule has 0 saturated carbocycles. The van der Waals surface area contributed by atoms with Crippen LogP contribution in [0.25, 0.3) is 0 Å². The maximum atomic E-state index is 13.0. The van der Waals surface area contributed by atoms with E-state index < -0.39 is 15.6 Å². The number of nitrogens with two attached hydrogens (primary N) is 1. The molecule has 7 nitrogen and oxygen atoms in total. The number of thiocarbonyl (C=S) groups is 1. The Hall–Kier alpha value is -3.43. The number of anilines is 2. The third-order valence-electron chi connectivity index (χ3n) is 4.95. The lowest BCUT2D eigenvalue weighted by Crippen LogP contribution is -2.25. The Morgan fingerprint density at radius 3 is 2.23 bits per heavy atom. The summed E-state index contributed by atoms with van der Waals surface area (Å²) < 4.78 is 34.3. The molecule has 0 aliphatic heterocycles. The second kappa shape index (κ2) is 10.9. The summed E-state index contributed by atoms with van der Waals surface area (Å²) in [7, 11) is -3.89. The number of hydrogen-bond acceptors (Lipinski definition) is 5. The normalized spacial score (nSPS) is 12.4. The van der Waals surface area contributed by atoms with E-state index in [0.29, 0.717) is 11.4 Å². The Labute approximate surface area is 211 Å². The van der Waals surface area contributed by atoms with Crippen molar-refractivity contribution >= 4 is 44.7 Å². The summed E-state index contributed by atoms with van der Waals surface area (Å²) in [6.07, 6.45) is 0.115. The van der Waals surface area contributed by atoms with Crippen LogP contribution in [-0.4, -0.2) is 25.1 Å². The molecular weight excluding hydrogens is 482 g/mol. The van der Waals surface area contributed by atoms with Gasteiger partial charge in [-0.1, -0.05) is 48.5 Å². The molecule has 0 saturated heterocycles. The van der Waals surface area contributed by atoms with Crippen molar-refractivity contribution in [3.8, 4) is 0 Å². The van der Waals surface area contributed by atoms with Crippen LogP contribution in [0.2, 0.25) is 0 Å².